The normalized spacial score (nSPS) is 14.6. The van der Waals surface area contributed by atoms with Crippen LogP contribution in [0.4, 0.5) is 20.3 Å². The second-order valence-electron chi connectivity index (χ2n) is 9.32. The van der Waals surface area contributed by atoms with Crippen LogP contribution in [0, 0.1) is 25.5 Å². The first-order chi connectivity index (χ1) is 17.8. The maximum absolute atomic E-state index is 15.1. The Kier molecular flexibility index (Phi) is 8.20. The van der Waals surface area contributed by atoms with Gasteiger partial charge in [0, 0.05) is 18.3 Å². The Labute approximate surface area is 215 Å². The first-order valence-electron chi connectivity index (χ1n) is 12.3. The average molecular weight is 510 g/mol. The topological polar surface area (TPSA) is 119 Å². The number of ether oxygens (including phenoxy) is 1. The summed E-state index contributed by atoms with van der Waals surface area (Å²) in [5, 5.41) is 4.59. The van der Waals surface area contributed by atoms with Crippen molar-refractivity contribution in [1.82, 2.24) is 9.88 Å². The van der Waals surface area contributed by atoms with E-state index in [9.17, 15) is 4.39 Å². The van der Waals surface area contributed by atoms with E-state index in [1.165, 1.54) is 18.6 Å². The number of nitrogens with zero attached hydrogens (tertiary/aromatic N) is 4. The first kappa shape index (κ1) is 26.3. The van der Waals surface area contributed by atoms with Gasteiger partial charge < -0.3 is 16.3 Å². The van der Waals surface area contributed by atoms with Crippen molar-refractivity contribution >= 4 is 17.3 Å². The number of rotatable bonds is 7. The van der Waals surface area contributed by atoms with Gasteiger partial charge >= 0.3 is 0 Å². The monoisotopic (exact) mass is 509 g/mol. The Morgan fingerprint density at radius 3 is 2.41 bits per heavy atom. The van der Waals surface area contributed by atoms with Gasteiger partial charge in [-0.1, -0.05) is 35.7 Å². The van der Waals surface area contributed by atoms with Gasteiger partial charge in [-0.2, -0.15) is 9.49 Å². The number of aromatic nitrogens is 1. The molecule has 0 unspecified atom stereocenters. The summed E-state index contributed by atoms with van der Waals surface area (Å²) in [5.74, 6) is 9.34. The van der Waals surface area contributed by atoms with Crippen LogP contribution in [0.25, 0.3) is 11.1 Å². The maximum Gasteiger partial charge on any atom is 0.202 e. The van der Waals surface area contributed by atoms with Crippen LogP contribution in [0.15, 0.2) is 47.7 Å². The van der Waals surface area contributed by atoms with Crippen LogP contribution in [-0.2, 0) is 0 Å². The molecule has 2 heterocycles. The summed E-state index contributed by atoms with van der Waals surface area (Å²) < 4.78 is 35.5. The lowest BCUT2D eigenvalue weighted by Gasteiger charge is -2.26. The van der Waals surface area contributed by atoms with Gasteiger partial charge in [-0.25, -0.2) is 15.2 Å². The minimum absolute atomic E-state index is 0.0757. The predicted octanol–water partition coefficient (Wildman–Crippen LogP) is 4.09. The van der Waals surface area contributed by atoms with E-state index in [1.807, 2.05) is 26.0 Å². The summed E-state index contributed by atoms with van der Waals surface area (Å²) in [7, 11) is 0. The van der Waals surface area contributed by atoms with Gasteiger partial charge in [0.15, 0.2) is 17.4 Å². The van der Waals surface area contributed by atoms with Gasteiger partial charge in [0.05, 0.1) is 11.3 Å². The summed E-state index contributed by atoms with van der Waals surface area (Å²) in [6, 6.07) is 10.4. The lowest BCUT2D eigenvalue weighted by molar-refractivity contribution is 0.179. The molecule has 0 spiro atoms. The van der Waals surface area contributed by atoms with Crippen LogP contribution in [0.3, 0.4) is 0 Å². The molecule has 0 bridgehead atoms. The lowest BCUT2D eigenvalue weighted by Crippen LogP contribution is -2.40. The fourth-order valence-electron chi connectivity index (χ4n) is 4.62. The van der Waals surface area contributed by atoms with Gasteiger partial charge in [0.1, 0.15) is 12.4 Å². The van der Waals surface area contributed by atoms with Crippen molar-refractivity contribution in [3.05, 3.63) is 70.9 Å². The molecule has 3 aromatic rings. The minimum atomic E-state index is -1.18. The number of aryl methyl sites for hydroxylation is 2. The highest BCUT2D eigenvalue weighted by Gasteiger charge is 2.24. The van der Waals surface area contributed by atoms with Crippen LogP contribution < -0.4 is 27.2 Å². The van der Waals surface area contributed by atoms with E-state index in [1.54, 1.807) is 12.3 Å². The van der Waals surface area contributed by atoms with Gasteiger partial charge in [0.25, 0.3) is 0 Å². The number of hydrogen-bond acceptors (Lipinski definition) is 7. The Balaban J connectivity index is 1.56. The third-order valence-corrected chi connectivity index (χ3v) is 6.46. The number of benzene rings is 2. The highest BCUT2D eigenvalue weighted by molar-refractivity contribution is 6.12. The van der Waals surface area contributed by atoms with Gasteiger partial charge in [-0.15, -0.1) is 0 Å². The average Bonchev–Trinajstić information content (AvgIpc) is 2.88. The summed E-state index contributed by atoms with van der Waals surface area (Å²) in [4.78, 5) is 6.51. The highest BCUT2D eigenvalue weighted by Crippen LogP contribution is 2.30. The zero-order valence-corrected chi connectivity index (χ0v) is 21.2. The zero-order valence-electron chi connectivity index (χ0n) is 21.2. The molecular formula is C27H33F2N7O. The SMILES string of the molecule is Cc1cc(C)cc(-c2cnc(N)c(/C(=N/N)N(N)c3ccc(OCCN4CCCCC4)c(F)c3F)c2)c1. The number of anilines is 2. The van der Waals surface area contributed by atoms with Crippen LogP contribution in [0.5, 0.6) is 5.75 Å². The second-order valence-corrected chi connectivity index (χ2v) is 9.32. The number of piperidine rings is 1. The molecule has 0 atom stereocenters. The molecule has 0 radical (unpaired) electrons. The summed E-state index contributed by atoms with van der Waals surface area (Å²) >= 11 is 0. The standard InChI is InChI=1S/C27H33F2N7O/c1-17-12-18(2)14-19(13-17)20-15-21(26(30)33-16-20)27(34-31)36(32)22-6-7-23(25(29)24(22)28)37-11-10-35-8-4-3-5-9-35/h6-7,12-16H,3-5,8-11,31-32H2,1-2H3,(H2,30,33)/b34-27-. The molecule has 8 nitrogen and oxygen atoms in total. The van der Waals surface area contributed by atoms with E-state index >= 15 is 4.39 Å². The van der Waals surface area contributed by atoms with Crippen molar-refractivity contribution in [2.24, 2.45) is 16.8 Å². The third-order valence-electron chi connectivity index (χ3n) is 6.46. The molecule has 0 amide bonds. The van der Waals surface area contributed by atoms with E-state index in [2.05, 4.69) is 21.1 Å². The van der Waals surface area contributed by atoms with Crippen molar-refractivity contribution < 1.29 is 13.5 Å². The Hall–Kier alpha value is -3.76. The number of hydrazine groups is 1. The number of hydrogen-bond donors (Lipinski definition) is 3. The van der Waals surface area contributed by atoms with Crippen molar-refractivity contribution in [2.75, 3.05) is 37.0 Å². The number of amidine groups is 1. The number of nitrogens with two attached hydrogens (primary N) is 3. The fraction of sp³-hybridized carbons (Fsp3) is 0.333. The van der Waals surface area contributed by atoms with E-state index < -0.39 is 11.6 Å². The van der Waals surface area contributed by atoms with Crippen LogP contribution in [-0.4, -0.2) is 42.0 Å². The van der Waals surface area contributed by atoms with Crippen molar-refractivity contribution in [1.29, 1.82) is 0 Å². The van der Waals surface area contributed by atoms with E-state index in [0.29, 0.717) is 6.54 Å². The Morgan fingerprint density at radius 2 is 1.73 bits per heavy atom. The molecule has 37 heavy (non-hydrogen) atoms. The molecule has 1 saturated heterocycles. The first-order valence-corrected chi connectivity index (χ1v) is 12.3. The number of halogens is 2. The van der Waals surface area contributed by atoms with Crippen molar-refractivity contribution in [3.8, 4) is 16.9 Å². The van der Waals surface area contributed by atoms with Crippen LogP contribution in [0.2, 0.25) is 0 Å². The summed E-state index contributed by atoms with van der Waals surface area (Å²) in [6.45, 7) is 6.88. The fourth-order valence-corrected chi connectivity index (χ4v) is 4.62. The Morgan fingerprint density at radius 1 is 1.03 bits per heavy atom. The zero-order chi connectivity index (χ0) is 26.5. The smallest absolute Gasteiger partial charge is 0.202 e. The summed E-state index contributed by atoms with van der Waals surface area (Å²) in [6.07, 6.45) is 5.13. The molecule has 2 aromatic carbocycles. The molecule has 10 heteroatoms. The summed E-state index contributed by atoms with van der Waals surface area (Å²) in [5.41, 5.74) is 9.93. The molecule has 1 fully saturated rings. The maximum atomic E-state index is 15.1. The molecule has 4 rings (SSSR count). The number of nitrogen functional groups attached to an aromatic ring is 1. The third kappa shape index (κ3) is 5.98. The van der Waals surface area contributed by atoms with Gasteiger partial charge in [0.2, 0.25) is 5.82 Å². The number of pyridine rings is 1. The second kappa shape index (κ2) is 11.5. The quantitative estimate of drug-likeness (QED) is 0.190. The van der Waals surface area contributed by atoms with Crippen LogP contribution >= 0.6 is 0 Å². The van der Waals surface area contributed by atoms with Crippen LogP contribution in [0.1, 0.15) is 36.0 Å². The molecular weight excluding hydrogens is 476 g/mol. The largest absolute Gasteiger partial charge is 0.489 e. The van der Waals surface area contributed by atoms with E-state index in [4.69, 9.17) is 22.2 Å². The highest BCUT2D eigenvalue weighted by atomic mass is 19.2. The van der Waals surface area contributed by atoms with E-state index in [0.717, 1.165) is 53.2 Å². The molecule has 1 aliphatic heterocycles. The Bertz CT molecular complexity index is 1270. The molecule has 1 aromatic heterocycles. The number of hydrazone groups is 1. The van der Waals surface area contributed by atoms with Gasteiger partial charge in [-0.3, -0.25) is 9.91 Å². The van der Waals surface area contributed by atoms with E-state index in [-0.39, 0.29) is 35.3 Å². The molecule has 6 N–H and O–H groups in total. The van der Waals surface area contributed by atoms with Gasteiger partial charge in [-0.05, 0) is 63.5 Å². The molecule has 0 saturated carbocycles. The van der Waals surface area contributed by atoms with Crippen molar-refractivity contribution in [3.63, 3.8) is 0 Å². The molecule has 1 aliphatic rings. The number of likely N-dealkylation sites (tertiary alicyclic amines) is 1. The molecule has 0 aliphatic carbocycles. The van der Waals surface area contributed by atoms with Crippen molar-refractivity contribution in [2.45, 2.75) is 33.1 Å². The predicted molar refractivity (Wildman–Crippen MR) is 143 cm³/mol. The minimum Gasteiger partial charge on any atom is -0.489 e. The molecule has 196 valence electrons. The lowest BCUT2D eigenvalue weighted by atomic mass is 10.0.